The van der Waals surface area contributed by atoms with Crippen LogP contribution >= 0.6 is 0 Å². The Bertz CT molecular complexity index is 1070. The molecule has 0 saturated carbocycles. The predicted octanol–water partition coefficient (Wildman–Crippen LogP) is 3.89. The lowest BCUT2D eigenvalue weighted by molar-refractivity contribution is 0.0951. The molecule has 1 aromatic heterocycles. The van der Waals surface area contributed by atoms with Gasteiger partial charge in [0.25, 0.3) is 5.91 Å². The van der Waals surface area contributed by atoms with Crippen molar-refractivity contribution in [2.75, 3.05) is 19.6 Å². The topological polar surface area (TPSA) is 71.3 Å². The third kappa shape index (κ3) is 4.10. The number of para-hydroxylation sites is 1. The quantitative estimate of drug-likeness (QED) is 0.693. The Kier molecular flexibility index (Phi) is 5.76. The molecule has 3 aromatic rings. The first-order valence-corrected chi connectivity index (χ1v) is 10.3. The fraction of sp³-hybridized carbons (Fsp3) is 0.333. The molecule has 1 unspecified atom stereocenters. The van der Waals surface area contributed by atoms with Crippen LogP contribution in [0.1, 0.15) is 35.2 Å². The summed E-state index contributed by atoms with van der Waals surface area (Å²) in [6.07, 6.45) is 3.34. The van der Waals surface area contributed by atoms with Crippen molar-refractivity contribution in [3.63, 3.8) is 0 Å². The summed E-state index contributed by atoms with van der Waals surface area (Å²) in [6, 6.07) is 14.7. The van der Waals surface area contributed by atoms with E-state index in [1.54, 1.807) is 25.1 Å². The van der Waals surface area contributed by atoms with Gasteiger partial charge in [-0.05, 0) is 57.3 Å². The molecule has 1 amide bonds. The van der Waals surface area contributed by atoms with Gasteiger partial charge in [0.05, 0.1) is 10.9 Å². The van der Waals surface area contributed by atoms with E-state index in [4.69, 9.17) is 4.42 Å². The van der Waals surface area contributed by atoms with Crippen molar-refractivity contribution in [1.29, 1.82) is 0 Å². The number of rotatable bonds is 5. The van der Waals surface area contributed by atoms with Crippen LogP contribution < -0.4 is 16.1 Å². The van der Waals surface area contributed by atoms with Crippen LogP contribution in [0.2, 0.25) is 0 Å². The molecule has 29 heavy (non-hydrogen) atoms. The van der Waals surface area contributed by atoms with Crippen LogP contribution in [0.15, 0.2) is 57.7 Å². The standard InChI is InChI=1S/C24H26N2O3/c1-16-21(27)19-10-5-11-20(23(19)29-22(16)18-8-3-2-4-9-18)24(28)26-14-12-17-7-6-13-25-15-17/h2-5,8-11,17,25H,6-7,12-15H2,1H3,(H,26,28). The molecule has 0 spiro atoms. The van der Waals surface area contributed by atoms with Gasteiger partial charge < -0.3 is 15.1 Å². The summed E-state index contributed by atoms with van der Waals surface area (Å²) >= 11 is 0. The lowest BCUT2D eigenvalue weighted by Crippen LogP contribution is -2.33. The molecule has 4 rings (SSSR count). The van der Waals surface area contributed by atoms with Crippen molar-refractivity contribution in [2.24, 2.45) is 5.92 Å². The second-order valence-corrected chi connectivity index (χ2v) is 7.69. The fourth-order valence-electron chi connectivity index (χ4n) is 4.01. The van der Waals surface area contributed by atoms with Crippen LogP contribution in [0.3, 0.4) is 0 Å². The maximum atomic E-state index is 12.9. The highest BCUT2D eigenvalue weighted by Gasteiger charge is 2.19. The number of carbonyl (C=O) groups is 1. The maximum absolute atomic E-state index is 12.9. The minimum atomic E-state index is -0.203. The van der Waals surface area contributed by atoms with Crippen LogP contribution in [0.5, 0.6) is 0 Å². The molecule has 0 bridgehead atoms. The zero-order valence-electron chi connectivity index (χ0n) is 16.7. The van der Waals surface area contributed by atoms with Gasteiger partial charge in [0.1, 0.15) is 5.76 Å². The summed E-state index contributed by atoms with van der Waals surface area (Å²) in [5.74, 6) is 0.906. The highest BCUT2D eigenvalue weighted by atomic mass is 16.3. The summed E-state index contributed by atoms with van der Waals surface area (Å²) in [5.41, 5.74) is 2.01. The van der Waals surface area contributed by atoms with Gasteiger partial charge in [-0.15, -0.1) is 0 Å². The van der Waals surface area contributed by atoms with E-state index in [9.17, 15) is 9.59 Å². The van der Waals surface area contributed by atoms with Crippen molar-refractivity contribution in [3.8, 4) is 11.3 Å². The summed E-state index contributed by atoms with van der Waals surface area (Å²) in [4.78, 5) is 25.8. The number of fused-ring (bicyclic) bond motifs is 1. The number of hydrogen-bond acceptors (Lipinski definition) is 4. The number of amides is 1. The van der Waals surface area contributed by atoms with Crippen molar-refractivity contribution in [3.05, 3.63) is 69.9 Å². The average molecular weight is 390 g/mol. The van der Waals surface area contributed by atoms with Gasteiger partial charge in [0.2, 0.25) is 0 Å². The SMILES string of the molecule is Cc1c(-c2ccccc2)oc2c(C(=O)NCCC3CCCNC3)cccc2c1=O. The van der Waals surface area contributed by atoms with Gasteiger partial charge >= 0.3 is 0 Å². The summed E-state index contributed by atoms with van der Waals surface area (Å²) in [5, 5.41) is 6.84. The van der Waals surface area contributed by atoms with Gasteiger partial charge in [-0.3, -0.25) is 9.59 Å². The average Bonchev–Trinajstić information content (AvgIpc) is 2.77. The van der Waals surface area contributed by atoms with Gasteiger partial charge in [0.15, 0.2) is 11.0 Å². The number of piperidine rings is 1. The Balaban J connectivity index is 1.63. The van der Waals surface area contributed by atoms with Gasteiger partial charge in [-0.2, -0.15) is 0 Å². The molecule has 1 saturated heterocycles. The lowest BCUT2D eigenvalue weighted by Gasteiger charge is -2.22. The molecule has 2 N–H and O–H groups in total. The molecule has 1 aliphatic heterocycles. The van der Waals surface area contributed by atoms with Gasteiger partial charge in [0, 0.05) is 17.7 Å². The number of nitrogens with one attached hydrogen (secondary N) is 2. The first-order valence-electron chi connectivity index (χ1n) is 10.3. The molecule has 150 valence electrons. The second kappa shape index (κ2) is 8.62. The van der Waals surface area contributed by atoms with Crippen LogP contribution in [0.25, 0.3) is 22.3 Å². The van der Waals surface area contributed by atoms with Gasteiger partial charge in [-0.1, -0.05) is 36.4 Å². The zero-order valence-corrected chi connectivity index (χ0v) is 16.7. The minimum Gasteiger partial charge on any atom is -0.455 e. The largest absolute Gasteiger partial charge is 0.455 e. The van der Waals surface area contributed by atoms with E-state index in [-0.39, 0.29) is 11.3 Å². The first kappa shape index (κ1) is 19.4. The molecule has 0 radical (unpaired) electrons. The van der Waals surface area contributed by atoms with Crippen LogP contribution in [0.4, 0.5) is 0 Å². The molecule has 1 aliphatic rings. The van der Waals surface area contributed by atoms with E-state index in [1.807, 2.05) is 30.3 Å². The molecule has 2 heterocycles. The third-order valence-electron chi connectivity index (χ3n) is 5.66. The van der Waals surface area contributed by atoms with Crippen LogP contribution in [0, 0.1) is 12.8 Å². The lowest BCUT2D eigenvalue weighted by atomic mass is 9.96. The zero-order chi connectivity index (χ0) is 20.2. The van der Waals surface area contributed by atoms with E-state index < -0.39 is 0 Å². The molecule has 5 nitrogen and oxygen atoms in total. The Morgan fingerprint density at radius 1 is 1.17 bits per heavy atom. The smallest absolute Gasteiger partial charge is 0.255 e. The molecule has 1 atom stereocenters. The number of benzene rings is 2. The molecular weight excluding hydrogens is 364 g/mol. The molecule has 2 aromatic carbocycles. The van der Waals surface area contributed by atoms with Crippen molar-refractivity contribution >= 4 is 16.9 Å². The highest BCUT2D eigenvalue weighted by Crippen LogP contribution is 2.27. The Morgan fingerprint density at radius 3 is 2.76 bits per heavy atom. The number of carbonyl (C=O) groups excluding carboxylic acids is 1. The maximum Gasteiger partial charge on any atom is 0.255 e. The Labute approximate surface area is 170 Å². The van der Waals surface area contributed by atoms with Crippen LogP contribution in [-0.4, -0.2) is 25.5 Å². The van der Waals surface area contributed by atoms with Gasteiger partial charge in [-0.25, -0.2) is 0 Å². The Hall–Kier alpha value is -2.92. The number of hydrogen-bond donors (Lipinski definition) is 2. The molecular formula is C24H26N2O3. The fourth-order valence-corrected chi connectivity index (χ4v) is 4.01. The van der Waals surface area contributed by atoms with E-state index in [1.165, 1.54) is 12.8 Å². The van der Waals surface area contributed by atoms with E-state index in [0.29, 0.717) is 40.3 Å². The minimum absolute atomic E-state index is 0.104. The molecule has 0 aliphatic carbocycles. The van der Waals surface area contributed by atoms with Crippen molar-refractivity contribution < 1.29 is 9.21 Å². The molecule has 1 fully saturated rings. The third-order valence-corrected chi connectivity index (χ3v) is 5.66. The van der Waals surface area contributed by atoms with Crippen LogP contribution in [-0.2, 0) is 0 Å². The van der Waals surface area contributed by atoms with Crippen molar-refractivity contribution in [2.45, 2.75) is 26.2 Å². The first-order chi connectivity index (χ1) is 14.1. The van der Waals surface area contributed by atoms with Crippen molar-refractivity contribution in [1.82, 2.24) is 10.6 Å². The molecule has 5 heteroatoms. The highest BCUT2D eigenvalue weighted by molar-refractivity contribution is 6.05. The van der Waals surface area contributed by atoms with E-state index in [0.717, 1.165) is 25.1 Å². The second-order valence-electron chi connectivity index (χ2n) is 7.69. The van der Waals surface area contributed by atoms with E-state index >= 15 is 0 Å². The Morgan fingerprint density at radius 2 is 2.00 bits per heavy atom. The summed E-state index contributed by atoms with van der Waals surface area (Å²) < 4.78 is 6.14. The predicted molar refractivity (Wildman–Crippen MR) is 115 cm³/mol. The summed E-state index contributed by atoms with van der Waals surface area (Å²) in [7, 11) is 0. The summed E-state index contributed by atoms with van der Waals surface area (Å²) in [6.45, 7) is 4.47. The van der Waals surface area contributed by atoms with E-state index in [2.05, 4.69) is 10.6 Å². The monoisotopic (exact) mass is 390 g/mol. The normalized spacial score (nSPS) is 16.7.